The van der Waals surface area contributed by atoms with Gasteiger partial charge in [0.2, 0.25) is 5.91 Å². The summed E-state index contributed by atoms with van der Waals surface area (Å²) in [5.74, 6) is 1.63. The SMILES string of the molecule is CC1CCC(NC(=O)CN2CCC(CN)C2)CC1. The molecule has 0 aromatic carbocycles. The van der Waals surface area contributed by atoms with Crippen molar-refractivity contribution in [2.24, 2.45) is 17.6 Å². The zero-order valence-corrected chi connectivity index (χ0v) is 11.5. The van der Waals surface area contributed by atoms with Crippen LogP contribution in [0.5, 0.6) is 0 Å². The largest absolute Gasteiger partial charge is 0.352 e. The molecular weight excluding hydrogens is 226 g/mol. The molecule has 1 aliphatic heterocycles. The number of nitrogens with zero attached hydrogens (tertiary/aromatic N) is 1. The summed E-state index contributed by atoms with van der Waals surface area (Å²) in [5, 5.41) is 3.19. The van der Waals surface area contributed by atoms with Gasteiger partial charge in [-0.2, -0.15) is 0 Å². The molecule has 1 saturated heterocycles. The van der Waals surface area contributed by atoms with Crippen LogP contribution in [0.1, 0.15) is 39.0 Å². The van der Waals surface area contributed by atoms with Gasteiger partial charge in [-0.1, -0.05) is 6.92 Å². The van der Waals surface area contributed by atoms with Gasteiger partial charge in [-0.15, -0.1) is 0 Å². The van der Waals surface area contributed by atoms with E-state index in [0.29, 0.717) is 18.5 Å². The van der Waals surface area contributed by atoms with Crippen LogP contribution in [0.15, 0.2) is 0 Å². The first-order valence-electron chi connectivity index (χ1n) is 7.39. The summed E-state index contributed by atoms with van der Waals surface area (Å²) in [7, 11) is 0. The molecule has 0 spiro atoms. The third-order valence-corrected chi connectivity index (χ3v) is 4.45. The molecule has 1 unspecified atom stereocenters. The third-order valence-electron chi connectivity index (χ3n) is 4.45. The lowest BCUT2D eigenvalue weighted by atomic mass is 9.87. The normalized spacial score (nSPS) is 33.6. The molecule has 1 saturated carbocycles. The molecule has 1 heterocycles. The van der Waals surface area contributed by atoms with Crippen molar-refractivity contribution in [2.75, 3.05) is 26.2 Å². The molecule has 0 aromatic rings. The Morgan fingerprint density at radius 2 is 2.00 bits per heavy atom. The molecule has 1 amide bonds. The first kappa shape index (κ1) is 13.8. The average Bonchev–Trinajstić information content (AvgIpc) is 2.79. The number of likely N-dealkylation sites (tertiary alicyclic amines) is 1. The highest BCUT2D eigenvalue weighted by Crippen LogP contribution is 2.23. The molecule has 1 aliphatic carbocycles. The van der Waals surface area contributed by atoms with E-state index in [4.69, 9.17) is 5.73 Å². The highest BCUT2D eigenvalue weighted by molar-refractivity contribution is 5.78. The van der Waals surface area contributed by atoms with Crippen LogP contribution in [0.2, 0.25) is 0 Å². The molecule has 2 aliphatic rings. The van der Waals surface area contributed by atoms with Crippen LogP contribution in [0.4, 0.5) is 0 Å². The van der Waals surface area contributed by atoms with Crippen LogP contribution in [-0.2, 0) is 4.79 Å². The maximum absolute atomic E-state index is 12.0. The Morgan fingerprint density at radius 3 is 2.61 bits per heavy atom. The van der Waals surface area contributed by atoms with E-state index in [0.717, 1.165) is 44.8 Å². The van der Waals surface area contributed by atoms with E-state index < -0.39 is 0 Å². The molecule has 0 aromatic heterocycles. The van der Waals surface area contributed by atoms with Crippen molar-refractivity contribution in [3.63, 3.8) is 0 Å². The van der Waals surface area contributed by atoms with Crippen molar-refractivity contribution in [2.45, 2.75) is 45.1 Å². The number of amides is 1. The highest BCUT2D eigenvalue weighted by Gasteiger charge is 2.24. The summed E-state index contributed by atoms with van der Waals surface area (Å²) in [6.45, 7) is 5.62. The van der Waals surface area contributed by atoms with Crippen LogP contribution in [0.3, 0.4) is 0 Å². The summed E-state index contributed by atoms with van der Waals surface area (Å²) < 4.78 is 0. The number of carbonyl (C=O) groups is 1. The Morgan fingerprint density at radius 1 is 1.28 bits per heavy atom. The molecule has 2 rings (SSSR count). The summed E-state index contributed by atoms with van der Waals surface area (Å²) >= 11 is 0. The summed E-state index contributed by atoms with van der Waals surface area (Å²) in [6, 6.07) is 0.418. The van der Waals surface area contributed by atoms with Crippen LogP contribution in [-0.4, -0.2) is 43.0 Å². The minimum absolute atomic E-state index is 0.201. The second-order valence-electron chi connectivity index (χ2n) is 6.15. The van der Waals surface area contributed by atoms with Crippen LogP contribution < -0.4 is 11.1 Å². The number of carbonyl (C=O) groups excluding carboxylic acids is 1. The van der Waals surface area contributed by atoms with E-state index in [1.807, 2.05) is 0 Å². The number of hydrogen-bond donors (Lipinski definition) is 2. The highest BCUT2D eigenvalue weighted by atomic mass is 16.2. The first-order chi connectivity index (χ1) is 8.67. The van der Waals surface area contributed by atoms with Gasteiger partial charge in [-0.05, 0) is 57.0 Å². The first-order valence-corrected chi connectivity index (χ1v) is 7.39. The predicted molar refractivity (Wildman–Crippen MR) is 73.2 cm³/mol. The predicted octanol–water partition coefficient (Wildman–Crippen LogP) is 0.962. The van der Waals surface area contributed by atoms with E-state index in [2.05, 4.69) is 17.1 Å². The van der Waals surface area contributed by atoms with Gasteiger partial charge >= 0.3 is 0 Å². The van der Waals surface area contributed by atoms with E-state index in [1.54, 1.807) is 0 Å². The molecule has 3 N–H and O–H groups in total. The fourth-order valence-electron chi connectivity index (χ4n) is 3.13. The Bertz CT molecular complexity index is 268. The fraction of sp³-hybridized carbons (Fsp3) is 0.929. The lowest BCUT2D eigenvalue weighted by Crippen LogP contribution is -2.43. The summed E-state index contributed by atoms with van der Waals surface area (Å²) in [4.78, 5) is 14.2. The Kier molecular flexibility index (Phi) is 5.01. The van der Waals surface area contributed by atoms with Gasteiger partial charge in [-0.25, -0.2) is 0 Å². The van der Waals surface area contributed by atoms with Gasteiger partial charge in [-0.3, -0.25) is 9.69 Å². The molecule has 4 heteroatoms. The monoisotopic (exact) mass is 253 g/mol. The van der Waals surface area contributed by atoms with Gasteiger partial charge in [0.1, 0.15) is 0 Å². The molecule has 0 radical (unpaired) electrons. The summed E-state index contributed by atoms with van der Waals surface area (Å²) in [6.07, 6.45) is 5.95. The van der Waals surface area contributed by atoms with Crippen LogP contribution in [0.25, 0.3) is 0 Å². The van der Waals surface area contributed by atoms with Gasteiger partial charge in [0.15, 0.2) is 0 Å². The lowest BCUT2D eigenvalue weighted by Gasteiger charge is -2.27. The number of nitrogens with two attached hydrogens (primary N) is 1. The Balaban J connectivity index is 1.66. The standard InChI is InChI=1S/C14H27N3O/c1-11-2-4-13(5-3-11)16-14(18)10-17-7-6-12(8-15)9-17/h11-13H,2-10,15H2,1H3,(H,16,18). The Hall–Kier alpha value is -0.610. The van der Waals surface area contributed by atoms with E-state index in [-0.39, 0.29) is 5.91 Å². The molecule has 2 fully saturated rings. The number of rotatable bonds is 4. The van der Waals surface area contributed by atoms with E-state index in [9.17, 15) is 4.79 Å². The minimum atomic E-state index is 0.201. The van der Waals surface area contributed by atoms with Gasteiger partial charge in [0.05, 0.1) is 6.54 Å². The van der Waals surface area contributed by atoms with Crippen LogP contribution in [0, 0.1) is 11.8 Å². The molecule has 4 nitrogen and oxygen atoms in total. The zero-order valence-electron chi connectivity index (χ0n) is 11.5. The zero-order chi connectivity index (χ0) is 13.0. The molecule has 1 atom stereocenters. The maximum atomic E-state index is 12.0. The van der Waals surface area contributed by atoms with Crippen molar-refractivity contribution in [3.05, 3.63) is 0 Å². The lowest BCUT2D eigenvalue weighted by molar-refractivity contribution is -0.123. The molecule has 18 heavy (non-hydrogen) atoms. The molecule has 104 valence electrons. The molecular formula is C14H27N3O. The average molecular weight is 253 g/mol. The van der Waals surface area contributed by atoms with Crippen LogP contribution >= 0.6 is 0 Å². The maximum Gasteiger partial charge on any atom is 0.234 e. The van der Waals surface area contributed by atoms with Crippen molar-refractivity contribution in [3.8, 4) is 0 Å². The Labute approximate surface area is 110 Å². The number of nitrogens with one attached hydrogen (secondary N) is 1. The van der Waals surface area contributed by atoms with Gasteiger partial charge in [0.25, 0.3) is 0 Å². The number of hydrogen-bond acceptors (Lipinski definition) is 3. The van der Waals surface area contributed by atoms with Crippen molar-refractivity contribution >= 4 is 5.91 Å². The second-order valence-corrected chi connectivity index (χ2v) is 6.15. The minimum Gasteiger partial charge on any atom is -0.352 e. The van der Waals surface area contributed by atoms with E-state index in [1.165, 1.54) is 12.8 Å². The van der Waals surface area contributed by atoms with Crippen molar-refractivity contribution in [1.29, 1.82) is 0 Å². The van der Waals surface area contributed by atoms with Gasteiger partial charge < -0.3 is 11.1 Å². The fourth-order valence-corrected chi connectivity index (χ4v) is 3.13. The van der Waals surface area contributed by atoms with Crippen molar-refractivity contribution < 1.29 is 4.79 Å². The quantitative estimate of drug-likeness (QED) is 0.784. The summed E-state index contributed by atoms with van der Waals surface area (Å²) in [5.41, 5.74) is 5.66. The molecule has 0 bridgehead atoms. The second kappa shape index (κ2) is 6.53. The topological polar surface area (TPSA) is 58.4 Å². The smallest absolute Gasteiger partial charge is 0.234 e. The van der Waals surface area contributed by atoms with Gasteiger partial charge in [0, 0.05) is 12.6 Å². The van der Waals surface area contributed by atoms with Crippen molar-refractivity contribution in [1.82, 2.24) is 10.2 Å². The van der Waals surface area contributed by atoms with E-state index >= 15 is 0 Å². The third kappa shape index (κ3) is 3.95.